The molecule has 13 heteroatoms. The SMILES string of the molecule is CCOc1cc(C=C2C(=N)N3N=C(C(F)(F)F)SC3=NC2=O)ccc1OCCOc1ccccc1OC. The van der Waals surface area contributed by atoms with E-state index in [0.29, 0.717) is 40.2 Å². The average Bonchev–Trinajstić information content (AvgIpc) is 3.31. The number of hydrogen-bond acceptors (Lipinski definition) is 8. The lowest BCUT2D eigenvalue weighted by Gasteiger charge is -2.20. The Kier molecular flexibility index (Phi) is 7.71. The molecule has 2 aliphatic rings. The van der Waals surface area contributed by atoms with Gasteiger partial charge in [-0.25, -0.2) is 0 Å². The maximum absolute atomic E-state index is 13.0. The van der Waals surface area contributed by atoms with Crippen LogP contribution in [0.1, 0.15) is 12.5 Å². The molecule has 0 unspecified atom stereocenters. The van der Waals surface area contributed by atoms with Crippen LogP contribution in [0.5, 0.6) is 23.0 Å². The van der Waals surface area contributed by atoms with Gasteiger partial charge in [0.1, 0.15) is 13.2 Å². The van der Waals surface area contributed by atoms with Crippen molar-refractivity contribution in [2.75, 3.05) is 26.9 Å². The summed E-state index contributed by atoms with van der Waals surface area (Å²) >= 11 is 0.197. The number of para-hydroxylation sites is 2. The molecule has 4 rings (SSSR count). The number of hydrogen-bond donors (Lipinski definition) is 1. The highest BCUT2D eigenvalue weighted by Gasteiger charge is 2.46. The molecule has 0 bridgehead atoms. The average molecular weight is 535 g/mol. The summed E-state index contributed by atoms with van der Waals surface area (Å²) in [4.78, 5) is 16.1. The van der Waals surface area contributed by atoms with Gasteiger partial charge in [0.15, 0.2) is 28.8 Å². The molecular formula is C24H21F3N4O5S. The van der Waals surface area contributed by atoms with Gasteiger partial charge in [0.25, 0.3) is 5.91 Å². The fraction of sp³-hybridized carbons (Fsp3) is 0.250. The highest BCUT2D eigenvalue weighted by molar-refractivity contribution is 8.27. The number of nitrogens with zero attached hydrogens (tertiary/aromatic N) is 3. The number of benzene rings is 2. The molecule has 2 aromatic rings. The highest BCUT2D eigenvalue weighted by atomic mass is 32.2. The number of amides is 1. The van der Waals surface area contributed by atoms with Crippen molar-refractivity contribution in [2.45, 2.75) is 13.1 Å². The molecule has 0 saturated heterocycles. The highest BCUT2D eigenvalue weighted by Crippen LogP contribution is 2.36. The molecule has 1 N–H and O–H groups in total. The van der Waals surface area contributed by atoms with Crippen molar-refractivity contribution in [1.82, 2.24) is 5.01 Å². The standard InChI is InChI=1S/C24H21F3N4O5S/c1-3-34-19-13-14(8-9-18(19)36-11-10-35-17-7-5-4-6-16(17)33-2)12-15-20(28)31-23(29-21(15)32)37-22(30-31)24(25,26)27/h4-9,12-13,28H,3,10-11H2,1-2H3. The fourth-order valence-corrected chi connectivity index (χ4v) is 4.07. The van der Waals surface area contributed by atoms with Crippen molar-refractivity contribution in [3.63, 3.8) is 0 Å². The van der Waals surface area contributed by atoms with E-state index in [1.54, 1.807) is 44.4 Å². The van der Waals surface area contributed by atoms with E-state index in [1.165, 1.54) is 6.08 Å². The third-order valence-corrected chi connectivity index (χ3v) is 5.90. The number of thioether (sulfide) groups is 1. The van der Waals surface area contributed by atoms with Gasteiger partial charge >= 0.3 is 6.18 Å². The number of halogens is 3. The number of fused-ring (bicyclic) bond motifs is 1. The lowest BCUT2D eigenvalue weighted by atomic mass is 10.1. The number of ether oxygens (including phenoxy) is 4. The summed E-state index contributed by atoms with van der Waals surface area (Å²) in [6.45, 7) is 2.55. The zero-order chi connectivity index (χ0) is 26.6. The minimum Gasteiger partial charge on any atom is -0.493 e. The van der Waals surface area contributed by atoms with Crippen LogP contribution >= 0.6 is 11.8 Å². The second kappa shape index (κ2) is 10.9. The van der Waals surface area contributed by atoms with Gasteiger partial charge < -0.3 is 18.9 Å². The van der Waals surface area contributed by atoms with Crippen molar-refractivity contribution in [3.8, 4) is 23.0 Å². The van der Waals surface area contributed by atoms with Crippen molar-refractivity contribution in [3.05, 3.63) is 53.6 Å². The number of hydrazone groups is 1. The van der Waals surface area contributed by atoms with Crippen LogP contribution in [0.4, 0.5) is 13.2 Å². The summed E-state index contributed by atoms with van der Waals surface area (Å²) in [6.07, 6.45) is -3.37. The molecule has 2 heterocycles. The first-order valence-corrected chi connectivity index (χ1v) is 11.8. The molecule has 2 aliphatic heterocycles. The Bertz CT molecular complexity index is 1310. The Morgan fingerprint density at radius 3 is 2.35 bits per heavy atom. The normalized spacial score (nSPS) is 16.4. The van der Waals surface area contributed by atoms with Gasteiger partial charge in [-0.1, -0.05) is 18.2 Å². The summed E-state index contributed by atoms with van der Waals surface area (Å²) in [7, 11) is 1.55. The van der Waals surface area contributed by atoms with Crippen LogP contribution in [0.25, 0.3) is 6.08 Å². The number of alkyl halides is 3. The van der Waals surface area contributed by atoms with Crippen LogP contribution in [0, 0.1) is 5.41 Å². The lowest BCUT2D eigenvalue weighted by Crippen LogP contribution is -2.35. The van der Waals surface area contributed by atoms with Crippen molar-refractivity contribution < 1.29 is 36.9 Å². The number of carbonyl (C=O) groups excluding carboxylic acids is 1. The molecule has 0 aromatic heterocycles. The molecule has 0 radical (unpaired) electrons. The van der Waals surface area contributed by atoms with Crippen LogP contribution in [0.2, 0.25) is 0 Å². The number of amidine groups is 2. The molecule has 2 aromatic carbocycles. The number of rotatable bonds is 9. The quantitative estimate of drug-likeness (QED) is 0.366. The molecule has 0 spiro atoms. The Labute approximate surface area is 214 Å². The first-order chi connectivity index (χ1) is 17.7. The van der Waals surface area contributed by atoms with Crippen molar-refractivity contribution >= 4 is 39.8 Å². The third kappa shape index (κ3) is 5.88. The smallest absolute Gasteiger partial charge is 0.441 e. The van der Waals surface area contributed by atoms with Crippen LogP contribution in [0.15, 0.2) is 58.1 Å². The Morgan fingerprint density at radius 2 is 1.70 bits per heavy atom. The first-order valence-electron chi connectivity index (χ1n) is 10.9. The van der Waals surface area contributed by atoms with Gasteiger partial charge in [-0.05, 0) is 54.6 Å². The largest absolute Gasteiger partial charge is 0.493 e. The molecular weight excluding hydrogens is 513 g/mol. The van der Waals surface area contributed by atoms with E-state index in [-0.39, 0.29) is 35.7 Å². The lowest BCUT2D eigenvalue weighted by molar-refractivity contribution is -0.114. The fourth-order valence-electron chi connectivity index (χ4n) is 3.32. The van der Waals surface area contributed by atoms with E-state index in [9.17, 15) is 18.0 Å². The molecule has 0 fully saturated rings. The predicted octanol–water partition coefficient (Wildman–Crippen LogP) is 4.73. The van der Waals surface area contributed by atoms with Gasteiger partial charge in [0.2, 0.25) is 10.2 Å². The maximum Gasteiger partial charge on any atom is 0.441 e. The van der Waals surface area contributed by atoms with Crippen LogP contribution < -0.4 is 18.9 Å². The summed E-state index contributed by atoms with van der Waals surface area (Å²) in [5, 5.41) is 10.8. The zero-order valence-corrected chi connectivity index (χ0v) is 20.5. The van der Waals surface area contributed by atoms with E-state index in [2.05, 4.69) is 10.1 Å². The third-order valence-electron chi connectivity index (χ3n) is 4.94. The molecule has 37 heavy (non-hydrogen) atoms. The van der Waals surface area contributed by atoms with Gasteiger partial charge in [0.05, 0.1) is 19.3 Å². The second-order valence-corrected chi connectivity index (χ2v) is 8.37. The predicted molar refractivity (Wildman–Crippen MR) is 133 cm³/mol. The molecule has 194 valence electrons. The van der Waals surface area contributed by atoms with Gasteiger partial charge in [-0.3, -0.25) is 10.2 Å². The number of aliphatic imine (C=N–C) groups is 1. The van der Waals surface area contributed by atoms with Gasteiger partial charge in [-0.2, -0.15) is 28.3 Å². The van der Waals surface area contributed by atoms with E-state index in [4.69, 9.17) is 24.4 Å². The molecule has 1 amide bonds. The van der Waals surface area contributed by atoms with Crippen LogP contribution in [-0.2, 0) is 4.79 Å². The van der Waals surface area contributed by atoms with Gasteiger partial charge in [-0.15, -0.1) is 0 Å². The Morgan fingerprint density at radius 1 is 1.03 bits per heavy atom. The van der Waals surface area contributed by atoms with Crippen molar-refractivity contribution in [1.29, 1.82) is 5.41 Å². The Balaban J connectivity index is 1.48. The topological polar surface area (TPSA) is 106 Å². The Hall–Kier alpha value is -4.00. The van der Waals surface area contributed by atoms with E-state index < -0.39 is 23.0 Å². The summed E-state index contributed by atoms with van der Waals surface area (Å²) in [5.41, 5.74) is 0.248. The van der Waals surface area contributed by atoms with E-state index >= 15 is 0 Å². The minimum absolute atomic E-state index is 0.197. The van der Waals surface area contributed by atoms with Crippen molar-refractivity contribution in [2.24, 2.45) is 10.1 Å². The van der Waals surface area contributed by atoms with Crippen LogP contribution in [0.3, 0.4) is 0 Å². The van der Waals surface area contributed by atoms with E-state index in [1.807, 2.05) is 12.1 Å². The molecule has 0 aliphatic carbocycles. The van der Waals surface area contributed by atoms with E-state index in [0.717, 1.165) is 0 Å². The first kappa shape index (κ1) is 26.1. The van der Waals surface area contributed by atoms with Gasteiger partial charge in [0, 0.05) is 0 Å². The summed E-state index contributed by atoms with van der Waals surface area (Å²) in [6, 6.07) is 12.1. The van der Waals surface area contributed by atoms with Crippen LogP contribution in [-0.4, -0.2) is 60.1 Å². The number of nitrogens with one attached hydrogen (secondary N) is 1. The monoisotopic (exact) mass is 534 g/mol. The molecule has 0 saturated carbocycles. The summed E-state index contributed by atoms with van der Waals surface area (Å²) < 4.78 is 61.4. The molecule has 9 nitrogen and oxygen atoms in total. The maximum atomic E-state index is 13.0. The number of carbonyl (C=O) groups is 1. The molecule has 0 atom stereocenters. The summed E-state index contributed by atoms with van der Waals surface area (Å²) in [5.74, 6) is 0.634. The second-order valence-electron chi connectivity index (χ2n) is 7.41. The number of methoxy groups -OCH3 is 1. The zero-order valence-electron chi connectivity index (χ0n) is 19.7. The minimum atomic E-state index is -4.71.